The minimum atomic E-state index is -4.55. The summed E-state index contributed by atoms with van der Waals surface area (Å²) in [7, 11) is 0. The second-order valence-corrected chi connectivity index (χ2v) is 7.12. The number of aromatic nitrogens is 1. The Labute approximate surface area is 180 Å². The van der Waals surface area contributed by atoms with Gasteiger partial charge in [-0.25, -0.2) is 4.39 Å². The van der Waals surface area contributed by atoms with Crippen LogP contribution in [0.2, 0.25) is 0 Å². The number of hydrogen-bond acceptors (Lipinski definition) is 6. The molecular weight excluding hydrogens is 436 g/mol. The number of pyridine rings is 1. The molecule has 1 amide bonds. The molecule has 0 spiro atoms. The highest BCUT2D eigenvalue weighted by Crippen LogP contribution is 2.34. The van der Waals surface area contributed by atoms with Crippen molar-refractivity contribution in [1.82, 2.24) is 10.3 Å². The number of amides is 1. The van der Waals surface area contributed by atoms with E-state index in [1.54, 1.807) is 4.90 Å². The Kier molecular flexibility index (Phi) is 7.11. The molecule has 172 valence electrons. The largest absolute Gasteiger partial charge is 0.478 e. The molecule has 1 aliphatic heterocycles. The number of benzene rings is 1. The molecule has 0 aliphatic carbocycles. The Balaban J connectivity index is 1.56. The monoisotopic (exact) mass is 456 g/mol. The third-order valence-corrected chi connectivity index (χ3v) is 4.81. The van der Waals surface area contributed by atoms with Crippen LogP contribution in [-0.4, -0.2) is 42.1 Å². The summed E-state index contributed by atoms with van der Waals surface area (Å²) in [5.74, 6) is -1.74. The number of hydrogen-bond donors (Lipinski definition) is 1. The van der Waals surface area contributed by atoms with Gasteiger partial charge in [-0.15, -0.1) is 0 Å². The molecular formula is C20H20F4N4O4. The van der Waals surface area contributed by atoms with Crippen molar-refractivity contribution >= 4 is 17.4 Å². The maximum atomic E-state index is 13.8. The van der Waals surface area contributed by atoms with Gasteiger partial charge < -0.3 is 15.0 Å². The van der Waals surface area contributed by atoms with Crippen LogP contribution in [0, 0.1) is 15.9 Å². The second-order valence-electron chi connectivity index (χ2n) is 7.12. The number of nitrogens with one attached hydrogen (secondary N) is 1. The van der Waals surface area contributed by atoms with Crippen LogP contribution in [-0.2, 0) is 6.18 Å². The first-order valence-electron chi connectivity index (χ1n) is 9.84. The molecule has 1 aliphatic rings. The van der Waals surface area contributed by atoms with Crippen LogP contribution < -0.4 is 15.0 Å². The molecule has 1 aromatic heterocycles. The number of carbonyl (C=O) groups excluding carboxylic acids is 1. The number of nitrogens with zero attached hydrogens (tertiary/aromatic N) is 3. The van der Waals surface area contributed by atoms with E-state index in [4.69, 9.17) is 4.74 Å². The SMILES string of the molecule is O=C(NCCCOc1cc(C(F)(F)F)cc(N2CCCC2)n1)c1cc([N+](=O)[O-])ccc1F. The van der Waals surface area contributed by atoms with Crippen molar-refractivity contribution in [1.29, 1.82) is 0 Å². The molecule has 1 saturated heterocycles. The predicted molar refractivity (Wildman–Crippen MR) is 106 cm³/mol. The second kappa shape index (κ2) is 9.79. The van der Waals surface area contributed by atoms with Crippen LogP contribution >= 0.6 is 0 Å². The van der Waals surface area contributed by atoms with Gasteiger partial charge in [-0.05, 0) is 31.4 Å². The smallest absolute Gasteiger partial charge is 0.416 e. The number of anilines is 1. The molecule has 0 bridgehead atoms. The first kappa shape index (κ1) is 23.2. The third kappa shape index (κ3) is 5.83. The Morgan fingerprint density at radius 3 is 2.59 bits per heavy atom. The van der Waals surface area contributed by atoms with Gasteiger partial charge in [0, 0.05) is 37.8 Å². The number of carbonyl (C=O) groups is 1. The molecule has 1 N–H and O–H groups in total. The molecule has 0 unspecified atom stereocenters. The highest BCUT2D eigenvalue weighted by atomic mass is 19.4. The van der Waals surface area contributed by atoms with Gasteiger partial charge in [-0.3, -0.25) is 14.9 Å². The Morgan fingerprint density at radius 2 is 1.94 bits per heavy atom. The Hall–Kier alpha value is -3.44. The number of nitro groups is 1. The summed E-state index contributed by atoms with van der Waals surface area (Å²) >= 11 is 0. The molecule has 12 heteroatoms. The van der Waals surface area contributed by atoms with Gasteiger partial charge in [0.25, 0.3) is 11.6 Å². The lowest BCUT2D eigenvalue weighted by Crippen LogP contribution is -2.26. The quantitative estimate of drug-likeness (QED) is 0.280. The van der Waals surface area contributed by atoms with E-state index in [1.165, 1.54) is 0 Å². The number of ether oxygens (including phenoxy) is 1. The first-order chi connectivity index (χ1) is 15.1. The van der Waals surface area contributed by atoms with Gasteiger partial charge >= 0.3 is 6.18 Å². The molecule has 2 aromatic rings. The minimum Gasteiger partial charge on any atom is -0.478 e. The molecule has 0 atom stereocenters. The van der Waals surface area contributed by atoms with E-state index in [9.17, 15) is 32.5 Å². The van der Waals surface area contributed by atoms with Crippen molar-refractivity contribution in [3.8, 4) is 5.88 Å². The summed E-state index contributed by atoms with van der Waals surface area (Å²) < 4.78 is 58.8. The number of nitro benzene ring substituents is 1. The highest BCUT2D eigenvalue weighted by molar-refractivity contribution is 5.95. The zero-order valence-electron chi connectivity index (χ0n) is 16.8. The van der Waals surface area contributed by atoms with Crippen LogP contribution in [0.15, 0.2) is 30.3 Å². The summed E-state index contributed by atoms with van der Waals surface area (Å²) in [6.07, 6.45) is -2.61. The van der Waals surface area contributed by atoms with Crippen LogP contribution in [0.5, 0.6) is 5.88 Å². The molecule has 2 heterocycles. The molecule has 1 fully saturated rings. The minimum absolute atomic E-state index is 0.0128. The summed E-state index contributed by atoms with van der Waals surface area (Å²) in [5, 5.41) is 13.2. The summed E-state index contributed by atoms with van der Waals surface area (Å²) in [4.78, 5) is 28.0. The van der Waals surface area contributed by atoms with Gasteiger partial charge in [0.1, 0.15) is 11.6 Å². The van der Waals surface area contributed by atoms with E-state index in [0.29, 0.717) is 13.1 Å². The zero-order chi connectivity index (χ0) is 23.3. The molecule has 8 nitrogen and oxygen atoms in total. The van der Waals surface area contributed by atoms with Crippen LogP contribution in [0.1, 0.15) is 35.2 Å². The van der Waals surface area contributed by atoms with E-state index in [-0.39, 0.29) is 31.3 Å². The van der Waals surface area contributed by atoms with E-state index < -0.39 is 39.6 Å². The van der Waals surface area contributed by atoms with Crippen molar-refractivity contribution in [2.45, 2.75) is 25.4 Å². The van der Waals surface area contributed by atoms with Gasteiger partial charge in [0.05, 0.1) is 22.7 Å². The normalized spacial score (nSPS) is 13.8. The van der Waals surface area contributed by atoms with Crippen molar-refractivity contribution in [2.75, 3.05) is 31.1 Å². The number of rotatable bonds is 8. The van der Waals surface area contributed by atoms with Gasteiger partial charge in [0.15, 0.2) is 0 Å². The van der Waals surface area contributed by atoms with Crippen LogP contribution in [0.4, 0.5) is 29.1 Å². The van der Waals surface area contributed by atoms with E-state index in [2.05, 4.69) is 10.3 Å². The summed E-state index contributed by atoms with van der Waals surface area (Å²) in [6.45, 7) is 1.20. The Morgan fingerprint density at radius 1 is 1.22 bits per heavy atom. The van der Waals surface area contributed by atoms with Crippen molar-refractivity contribution in [2.24, 2.45) is 0 Å². The third-order valence-electron chi connectivity index (χ3n) is 4.81. The van der Waals surface area contributed by atoms with Gasteiger partial charge in [-0.2, -0.15) is 18.2 Å². The zero-order valence-corrected chi connectivity index (χ0v) is 16.8. The van der Waals surface area contributed by atoms with Crippen LogP contribution in [0.3, 0.4) is 0 Å². The van der Waals surface area contributed by atoms with E-state index in [1.807, 2.05) is 0 Å². The standard InChI is InChI=1S/C20H20F4N4O4/c21-16-5-4-14(28(30)31)12-15(16)19(29)25-6-3-9-32-18-11-13(20(22,23)24)10-17(26-18)27-7-1-2-8-27/h4-5,10-12H,1-3,6-9H2,(H,25,29). The fraction of sp³-hybridized carbons (Fsp3) is 0.400. The maximum Gasteiger partial charge on any atom is 0.416 e. The predicted octanol–water partition coefficient (Wildman–Crippen LogP) is 3.95. The lowest BCUT2D eigenvalue weighted by molar-refractivity contribution is -0.384. The lowest BCUT2D eigenvalue weighted by atomic mass is 10.1. The number of alkyl halides is 3. The maximum absolute atomic E-state index is 13.8. The van der Waals surface area contributed by atoms with Gasteiger partial charge in [0.2, 0.25) is 5.88 Å². The fourth-order valence-electron chi connectivity index (χ4n) is 3.18. The fourth-order valence-corrected chi connectivity index (χ4v) is 3.18. The topological polar surface area (TPSA) is 97.6 Å². The molecule has 1 aromatic carbocycles. The highest BCUT2D eigenvalue weighted by Gasteiger charge is 2.33. The number of non-ortho nitro benzene ring substituents is 1. The molecule has 3 rings (SSSR count). The molecule has 0 radical (unpaired) electrons. The van der Waals surface area contributed by atoms with Gasteiger partial charge in [-0.1, -0.05) is 0 Å². The average molecular weight is 456 g/mol. The lowest BCUT2D eigenvalue weighted by Gasteiger charge is -2.19. The van der Waals surface area contributed by atoms with Crippen molar-refractivity contribution in [3.63, 3.8) is 0 Å². The average Bonchev–Trinajstić information content (AvgIpc) is 3.27. The van der Waals surface area contributed by atoms with E-state index in [0.717, 1.165) is 43.2 Å². The molecule has 0 saturated carbocycles. The van der Waals surface area contributed by atoms with E-state index >= 15 is 0 Å². The Bertz CT molecular complexity index is 994. The van der Waals surface area contributed by atoms with Crippen molar-refractivity contribution in [3.05, 3.63) is 57.4 Å². The van der Waals surface area contributed by atoms with Crippen LogP contribution in [0.25, 0.3) is 0 Å². The summed E-state index contributed by atoms with van der Waals surface area (Å²) in [5.41, 5.74) is -1.77. The van der Waals surface area contributed by atoms with Crippen molar-refractivity contribution < 1.29 is 32.0 Å². The number of halogens is 4. The molecule has 32 heavy (non-hydrogen) atoms. The summed E-state index contributed by atoms with van der Waals surface area (Å²) in [6, 6.07) is 4.40. The first-order valence-corrected chi connectivity index (χ1v) is 9.84.